The van der Waals surface area contributed by atoms with E-state index < -0.39 is 0 Å². The third-order valence-electron chi connectivity index (χ3n) is 3.85. The lowest BCUT2D eigenvalue weighted by molar-refractivity contribution is 0.0949. The van der Waals surface area contributed by atoms with Crippen LogP contribution in [0.15, 0.2) is 59.7 Å². The molecule has 0 fully saturated rings. The fourth-order valence-corrected chi connectivity index (χ4v) is 2.53. The highest BCUT2D eigenvalue weighted by molar-refractivity contribution is 5.95. The minimum absolute atomic E-state index is 0.334. The van der Waals surface area contributed by atoms with Crippen molar-refractivity contribution in [3.63, 3.8) is 0 Å². The molecule has 6 nitrogen and oxygen atoms in total. The van der Waals surface area contributed by atoms with Crippen LogP contribution in [0.1, 0.15) is 28.5 Å². The molecule has 2 aromatic carbocycles. The van der Waals surface area contributed by atoms with E-state index in [1.54, 1.807) is 6.21 Å². The molecule has 0 unspecified atom stereocenters. The number of aromatic amines is 1. The zero-order chi connectivity index (χ0) is 18.4. The quantitative estimate of drug-likeness (QED) is 0.528. The number of carbonyl (C=O) groups excluding carboxylic acids is 1. The molecule has 3 aromatic rings. The van der Waals surface area contributed by atoms with Crippen LogP contribution >= 0.6 is 0 Å². The van der Waals surface area contributed by atoms with Gasteiger partial charge in [0.2, 0.25) is 0 Å². The summed E-state index contributed by atoms with van der Waals surface area (Å²) in [4.78, 5) is 12.3. The molecule has 2 N–H and O–H groups in total. The van der Waals surface area contributed by atoms with E-state index in [0.29, 0.717) is 12.3 Å². The van der Waals surface area contributed by atoms with Crippen molar-refractivity contribution in [2.75, 3.05) is 6.61 Å². The number of nitrogens with zero attached hydrogens (tertiary/aromatic N) is 2. The van der Waals surface area contributed by atoms with Gasteiger partial charge in [-0.1, -0.05) is 30.3 Å². The van der Waals surface area contributed by atoms with Crippen LogP contribution in [-0.2, 0) is 0 Å². The van der Waals surface area contributed by atoms with Gasteiger partial charge in [0, 0.05) is 11.1 Å². The van der Waals surface area contributed by atoms with E-state index in [2.05, 4.69) is 20.7 Å². The van der Waals surface area contributed by atoms with E-state index in [0.717, 1.165) is 28.1 Å². The maximum absolute atomic E-state index is 12.3. The van der Waals surface area contributed by atoms with Gasteiger partial charge in [-0.3, -0.25) is 9.89 Å². The summed E-state index contributed by atoms with van der Waals surface area (Å²) in [5, 5.41) is 11.0. The molecule has 0 aliphatic rings. The Morgan fingerprint density at radius 1 is 1.19 bits per heavy atom. The largest absolute Gasteiger partial charge is 0.494 e. The number of nitrogens with one attached hydrogen (secondary N) is 2. The van der Waals surface area contributed by atoms with Gasteiger partial charge in [0.25, 0.3) is 5.91 Å². The fraction of sp³-hybridized carbons (Fsp3) is 0.150. The second-order valence-electron chi connectivity index (χ2n) is 5.64. The van der Waals surface area contributed by atoms with Crippen molar-refractivity contribution < 1.29 is 9.53 Å². The predicted molar refractivity (Wildman–Crippen MR) is 101 cm³/mol. The number of carbonyl (C=O) groups is 1. The fourth-order valence-electron chi connectivity index (χ4n) is 2.53. The minimum Gasteiger partial charge on any atom is -0.494 e. The Bertz CT molecular complexity index is 899. The number of hydrogen-bond acceptors (Lipinski definition) is 4. The smallest absolute Gasteiger partial charge is 0.289 e. The van der Waals surface area contributed by atoms with Crippen LogP contribution in [0.3, 0.4) is 0 Å². The number of ether oxygens (including phenoxy) is 1. The first-order chi connectivity index (χ1) is 12.7. The van der Waals surface area contributed by atoms with Crippen LogP contribution in [0.5, 0.6) is 5.75 Å². The van der Waals surface area contributed by atoms with Crippen molar-refractivity contribution in [2.45, 2.75) is 13.8 Å². The average molecular weight is 348 g/mol. The Morgan fingerprint density at radius 3 is 2.62 bits per heavy atom. The molecule has 0 radical (unpaired) electrons. The van der Waals surface area contributed by atoms with Crippen LogP contribution in [-0.4, -0.2) is 28.9 Å². The van der Waals surface area contributed by atoms with Crippen molar-refractivity contribution in [3.8, 4) is 17.0 Å². The first kappa shape index (κ1) is 17.4. The molecule has 1 aromatic heterocycles. The molecule has 0 saturated carbocycles. The topological polar surface area (TPSA) is 79.4 Å². The Hall–Kier alpha value is -3.41. The maximum atomic E-state index is 12.3. The summed E-state index contributed by atoms with van der Waals surface area (Å²) in [6, 6.07) is 17.2. The monoisotopic (exact) mass is 348 g/mol. The number of aromatic nitrogens is 2. The van der Waals surface area contributed by atoms with E-state index in [1.807, 2.05) is 68.4 Å². The molecule has 0 spiro atoms. The van der Waals surface area contributed by atoms with Crippen LogP contribution in [0.25, 0.3) is 11.3 Å². The summed E-state index contributed by atoms with van der Waals surface area (Å²) in [5.74, 6) is 0.467. The SMILES string of the molecule is CCOc1ccc(C=NNC(=O)c2[nH]nc(-c3ccccc3)c2C)cc1. The van der Waals surface area contributed by atoms with E-state index >= 15 is 0 Å². The maximum Gasteiger partial charge on any atom is 0.289 e. The van der Waals surface area contributed by atoms with Gasteiger partial charge in [-0.05, 0) is 43.7 Å². The summed E-state index contributed by atoms with van der Waals surface area (Å²) in [5.41, 5.74) is 6.27. The van der Waals surface area contributed by atoms with Crippen molar-refractivity contribution in [2.24, 2.45) is 5.10 Å². The summed E-state index contributed by atoms with van der Waals surface area (Å²) in [6.45, 7) is 4.42. The highest BCUT2D eigenvalue weighted by Gasteiger charge is 2.16. The third kappa shape index (κ3) is 3.97. The molecule has 0 atom stereocenters. The van der Waals surface area contributed by atoms with Crippen molar-refractivity contribution in [1.82, 2.24) is 15.6 Å². The molecule has 3 rings (SSSR count). The normalized spacial score (nSPS) is 10.8. The summed E-state index contributed by atoms with van der Waals surface area (Å²) in [6.07, 6.45) is 1.58. The first-order valence-corrected chi connectivity index (χ1v) is 8.35. The second-order valence-corrected chi connectivity index (χ2v) is 5.64. The van der Waals surface area contributed by atoms with E-state index in [-0.39, 0.29) is 5.91 Å². The molecule has 6 heteroatoms. The average Bonchev–Trinajstić information content (AvgIpc) is 3.05. The molecular weight excluding hydrogens is 328 g/mol. The molecule has 0 saturated heterocycles. The van der Waals surface area contributed by atoms with Crippen LogP contribution in [0.4, 0.5) is 0 Å². The van der Waals surface area contributed by atoms with Gasteiger partial charge in [0.15, 0.2) is 0 Å². The number of amides is 1. The summed E-state index contributed by atoms with van der Waals surface area (Å²) < 4.78 is 5.39. The summed E-state index contributed by atoms with van der Waals surface area (Å²) in [7, 11) is 0. The lowest BCUT2D eigenvalue weighted by Gasteiger charge is -2.02. The van der Waals surface area contributed by atoms with Crippen molar-refractivity contribution in [1.29, 1.82) is 0 Å². The molecule has 1 heterocycles. The van der Waals surface area contributed by atoms with E-state index in [4.69, 9.17) is 4.74 Å². The molecule has 0 aliphatic heterocycles. The van der Waals surface area contributed by atoms with Gasteiger partial charge in [-0.25, -0.2) is 5.43 Å². The Kier molecular flexibility index (Phi) is 5.43. The molecule has 0 bridgehead atoms. The zero-order valence-electron chi connectivity index (χ0n) is 14.7. The van der Waals surface area contributed by atoms with Gasteiger partial charge < -0.3 is 4.74 Å². The van der Waals surface area contributed by atoms with Crippen molar-refractivity contribution in [3.05, 3.63) is 71.4 Å². The van der Waals surface area contributed by atoms with Crippen LogP contribution in [0, 0.1) is 6.92 Å². The number of rotatable bonds is 6. The number of hydrazone groups is 1. The van der Waals surface area contributed by atoms with E-state index in [1.165, 1.54) is 0 Å². The summed E-state index contributed by atoms with van der Waals surface area (Å²) >= 11 is 0. The minimum atomic E-state index is -0.334. The van der Waals surface area contributed by atoms with Crippen LogP contribution in [0.2, 0.25) is 0 Å². The molecule has 1 amide bonds. The third-order valence-corrected chi connectivity index (χ3v) is 3.85. The van der Waals surface area contributed by atoms with Gasteiger partial charge in [0.1, 0.15) is 11.4 Å². The highest BCUT2D eigenvalue weighted by atomic mass is 16.5. The van der Waals surface area contributed by atoms with Crippen LogP contribution < -0.4 is 10.2 Å². The van der Waals surface area contributed by atoms with Gasteiger partial charge in [-0.2, -0.15) is 10.2 Å². The molecule has 0 aliphatic carbocycles. The lowest BCUT2D eigenvalue weighted by atomic mass is 10.1. The van der Waals surface area contributed by atoms with Gasteiger partial charge >= 0.3 is 0 Å². The predicted octanol–water partition coefficient (Wildman–Crippen LogP) is 3.55. The number of H-pyrrole nitrogens is 1. The highest BCUT2D eigenvalue weighted by Crippen LogP contribution is 2.22. The Labute approximate surface area is 151 Å². The molecule has 132 valence electrons. The molecular formula is C20H20N4O2. The number of benzene rings is 2. The van der Waals surface area contributed by atoms with Crippen molar-refractivity contribution >= 4 is 12.1 Å². The van der Waals surface area contributed by atoms with E-state index in [9.17, 15) is 4.79 Å². The molecule has 26 heavy (non-hydrogen) atoms. The van der Waals surface area contributed by atoms with Gasteiger partial charge in [0.05, 0.1) is 18.5 Å². The standard InChI is InChI=1S/C20H20N4O2/c1-3-26-17-11-9-15(10-12-17)13-21-24-20(25)19-14(2)18(22-23-19)16-7-5-4-6-8-16/h4-13H,3H2,1-2H3,(H,22,23)(H,24,25). The Balaban J connectivity index is 1.66. The van der Waals surface area contributed by atoms with Gasteiger partial charge in [-0.15, -0.1) is 0 Å². The number of hydrogen-bond donors (Lipinski definition) is 2. The Morgan fingerprint density at radius 2 is 1.92 bits per heavy atom. The first-order valence-electron chi connectivity index (χ1n) is 8.35. The lowest BCUT2D eigenvalue weighted by Crippen LogP contribution is -2.19. The zero-order valence-corrected chi connectivity index (χ0v) is 14.7. The second kappa shape index (κ2) is 8.11.